The van der Waals surface area contributed by atoms with Crippen molar-refractivity contribution in [3.05, 3.63) is 100.0 Å². The van der Waals surface area contributed by atoms with Crippen LogP contribution in [-0.2, 0) is 6.54 Å². The minimum Gasteiger partial charge on any atom is -0.493 e. The number of primary amides is 1. The smallest absolute Gasteiger partial charge is 0.284 e. The van der Waals surface area contributed by atoms with Crippen LogP contribution in [0, 0.1) is 5.82 Å². The number of hydrogen-bond acceptors (Lipinski definition) is 7. The summed E-state index contributed by atoms with van der Waals surface area (Å²) in [5.41, 5.74) is 7.35. The predicted molar refractivity (Wildman–Crippen MR) is 149 cm³/mol. The molecule has 1 atom stereocenters. The van der Waals surface area contributed by atoms with Gasteiger partial charge in [-0.1, -0.05) is 24.3 Å². The van der Waals surface area contributed by atoms with Crippen LogP contribution in [0.25, 0.3) is 16.6 Å². The molecule has 5 aromatic rings. The number of nitrogens with zero attached hydrogens (tertiary/aromatic N) is 4. The van der Waals surface area contributed by atoms with Crippen molar-refractivity contribution in [1.82, 2.24) is 19.3 Å². The predicted octanol–water partition coefficient (Wildman–Crippen LogP) is 4.56. The Hall–Kier alpha value is -5.19. The zero-order chi connectivity index (χ0) is 28.7. The number of amides is 1. The molecule has 3 heterocycles. The summed E-state index contributed by atoms with van der Waals surface area (Å²) < 4.78 is 35.4. The molecular formula is C30H26FN5O5. The maximum Gasteiger partial charge on any atom is 0.284 e. The Labute approximate surface area is 233 Å². The van der Waals surface area contributed by atoms with Gasteiger partial charge >= 0.3 is 0 Å². The fourth-order valence-corrected chi connectivity index (χ4v) is 5.46. The molecular weight excluding hydrogens is 529 g/mol. The van der Waals surface area contributed by atoms with Crippen LogP contribution in [0.2, 0.25) is 0 Å². The van der Waals surface area contributed by atoms with Crippen LogP contribution in [0.3, 0.4) is 0 Å². The van der Waals surface area contributed by atoms with Crippen molar-refractivity contribution in [2.45, 2.75) is 25.3 Å². The average Bonchev–Trinajstić information content (AvgIpc) is 3.30. The number of carbonyl (C=O) groups is 1. The number of nitrogens with two attached hydrogens (primary N) is 1. The number of carbonyl (C=O) groups excluding carboxylic acids is 1. The summed E-state index contributed by atoms with van der Waals surface area (Å²) >= 11 is 0. The average molecular weight is 556 g/mol. The Bertz CT molecular complexity index is 1850. The summed E-state index contributed by atoms with van der Waals surface area (Å²) in [5, 5.41) is 0.512. The largest absolute Gasteiger partial charge is 0.493 e. The van der Waals surface area contributed by atoms with E-state index in [1.165, 1.54) is 37.4 Å². The van der Waals surface area contributed by atoms with Crippen molar-refractivity contribution in [2.75, 3.05) is 14.2 Å². The van der Waals surface area contributed by atoms with Crippen LogP contribution in [0.4, 0.5) is 4.39 Å². The van der Waals surface area contributed by atoms with Gasteiger partial charge in [-0.2, -0.15) is 0 Å². The minimum atomic E-state index is -0.816. The molecule has 0 saturated carbocycles. The highest BCUT2D eigenvalue weighted by Crippen LogP contribution is 2.39. The van der Waals surface area contributed by atoms with Crippen molar-refractivity contribution in [3.8, 4) is 28.8 Å². The Balaban J connectivity index is 1.39. The second-order valence-corrected chi connectivity index (χ2v) is 9.59. The molecule has 41 heavy (non-hydrogen) atoms. The van der Waals surface area contributed by atoms with Gasteiger partial charge < -0.3 is 19.9 Å². The standard InChI is InChI=1S/C30H26FN5O5/c1-39-24-14-20-22(15-25(24)40-2)33-16-34-29(20)41-23-11-10-17(13-21(23)31)19-9-6-12-35-27(19)26(28(32)37)30(38)36(35)18-7-4-3-5-8-18/h3-5,7-8,10-11,13-16,19H,6,9,12H2,1-2H3,(H2,32,37). The number of para-hydroxylation sites is 1. The van der Waals surface area contributed by atoms with E-state index in [4.69, 9.17) is 19.9 Å². The van der Waals surface area contributed by atoms with Gasteiger partial charge in [-0.3, -0.25) is 14.3 Å². The van der Waals surface area contributed by atoms with Crippen LogP contribution in [-0.4, -0.2) is 39.5 Å². The number of methoxy groups -OCH3 is 2. The first-order chi connectivity index (χ1) is 19.9. The molecule has 0 aliphatic carbocycles. The summed E-state index contributed by atoms with van der Waals surface area (Å²) in [7, 11) is 3.03. The van der Waals surface area contributed by atoms with Crippen molar-refractivity contribution in [1.29, 1.82) is 0 Å². The summed E-state index contributed by atoms with van der Waals surface area (Å²) in [6, 6.07) is 17.0. The van der Waals surface area contributed by atoms with Crippen molar-refractivity contribution in [2.24, 2.45) is 5.73 Å². The van der Waals surface area contributed by atoms with Gasteiger partial charge in [0.2, 0.25) is 5.88 Å². The van der Waals surface area contributed by atoms with E-state index in [-0.39, 0.29) is 17.2 Å². The van der Waals surface area contributed by atoms with Gasteiger partial charge in [0, 0.05) is 18.5 Å². The molecule has 1 aliphatic heterocycles. The van der Waals surface area contributed by atoms with Crippen LogP contribution in [0.5, 0.6) is 23.1 Å². The van der Waals surface area contributed by atoms with Crippen LogP contribution >= 0.6 is 0 Å². The number of fused-ring (bicyclic) bond motifs is 2. The third kappa shape index (κ3) is 4.45. The van der Waals surface area contributed by atoms with Crippen LogP contribution < -0.4 is 25.5 Å². The number of hydrogen-bond donors (Lipinski definition) is 1. The molecule has 1 aliphatic rings. The van der Waals surface area contributed by atoms with Crippen molar-refractivity contribution in [3.63, 3.8) is 0 Å². The van der Waals surface area contributed by atoms with E-state index in [0.717, 1.165) is 6.42 Å². The van der Waals surface area contributed by atoms with E-state index in [0.29, 0.717) is 52.3 Å². The first-order valence-corrected chi connectivity index (χ1v) is 13.0. The summed E-state index contributed by atoms with van der Waals surface area (Å²) in [4.78, 5) is 34.4. The highest BCUT2D eigenvalue weighted by atomic mass is 19.1. The molecule has 2 aromatic heterocycles. The lowest BCUT2D eigenvalue weighted by Gasteiger charge is -2.27. The van der Waals surface area contributed by atoms with E-state index in [2.05, 4.69) is 9.97 Å². The van der Waals surface area contributed by atoms with Gasteiger partial charge in [0.05, 0.1) is 36.5 Å². The Morgan fingerprint density at radius 2 is 1.76 bits per heavy atom. The molecule has 208 valence electrons. The van der Waals surface area contributed by atoms with Gasteiger partial charge in [-0.15, -0.1) is 0 Å². The first-order valence-electron chi connectivity index (χ1n) is 13.0. The number of aromatic nitrogens is 4. The van der Waals surface area contributed by atoms with E-state index in [9.17, 15) is 9.59 Å². The molecule has 2 N–H and O–H groups in total. The molecule has 0 bridgehead atoms. The normalized spacial score (nSPS) is 14.5. The fraction of sp³-hybridized carbons (Fsp3) is 0.200. The van der Waals surface area contributed by atoms with Gasteiger partial charge in [0.15, 0.2) is 23.1 Å². The Morgan fingerprint density at radius 1 is 1.00 bits per heavy atom. The second kappa shape index (κ2) is 10.4. The lowest BCUT2D eigenvalue weighted by atomic mass is 9.86. The third-order valence-electron chi connectivity index (χ3n) is 7.29. The number of benzene rings is 3. The van der Waals surface area contributed by atoms with Crippen molar-refractivity contribution >= 4 is 16.8 Å². The molecule has 6 rings (SSSR count). The lowest BCUT2D eigenvalue weighted by Crippen LogP contribution is -2.26. The highest BCUT2D eigenvalue weighted by Gasteiger charge is 2.33. The molecule has 11 heteroatoms. The molecule has 3 aromatic carbocycles. The van der Waals surface area contributed by atoms with Gasteiger partial charge in [0.25, 0.3) is 11.5 Å². The zero-order valence-electron chi connectivity index (χ0n) is 22.3. The fourth-order valence-electron chi connectivity index (χ4n) is 5.46. The van der Waals surface area contributed by atoms with Gasteiger partial charge in [-0.05, 0) is 48.7 Å². The quantitative estimate of drug-likeness (QED) is 0.312. The lowest BCUT2D eigenvalue weighted by molar-refractivity contribution is 0.0997. The maximum absolute atomic E-state index is 15.6. The Kier molecular flexibility index (Phi) is 6.62. The van der Waals surface area contributed by atoms with Gasteiger partial charge in [-0.25, -0.2) is 19.0 Å². The highest BCUT2D eigenvalue weighted by molar-refractivity contribution is 5.94. The molecule has 0 radical (unpaired) electrons. The molecule has 10 nitrogen and oxygen atoms in total. The second-order valence-electron chi connectivity index (χ2n) is 9.59. The number of rotatable bonds is 7. The zero-order valence-corrected chi connectivity index (χ0v) is 22.3. The van der Waals surface area contributed by atoms with E-state index < -0.39 is 23.2 Å². The van der Waals surface area contributed by atoms with E-state index in [1.807, 2.05) is 18.2 Å². The molecule has 0 saturated heterocycles. The summed E-state index contributed by atoms with van der Waals surface area (Å²) in [6.45, 7) is 0.516. The molecule has 0 spiro atoms. The van der Waals surface area contributed by atoms with E-state index in [1.54, 1.807) is 35.0 Å². The molecule has 0 fully saturated rings. The topological polar surface area (TPSA) is 123 Å². The van der Waals surface area contributed by atoms with Crippen molar-refractivity contribution < 1.29 is 23.4 Å². The first kappa shape index (κ1) is 26.1. The molecule has 1 amide bonds. The molecule has 1 unspecified atom stereocenters. The SMILES string of the molecule is COc1cc2ncnc(Oc3ccc(C4CCCn5c4c(C(N)=O)c(=O)n5-c4ccccc4)cc3F)c2cc1OC. The summed E-state index contributed by atoms with van der Waals surface area (Å²) in [5.74, 6) is -0.835. The number of halogens is 1. The van der Waals surface area contributed by atoms with Gasteiger partial charge in [0.1, 0.15) is 11.9 Å². The summed E-state index contributed by atoms with van der Waals surface area (Å²) in [6.07, 6.45) is 2.64. The third-order valence-corrected chi connectivity index (χ3v) is 7.29. The van der Waals surface area contributed by atoms with E-state index >= 15 is 4.39 Å². The maximum atomic E-state index is 15.6. The van der Waals surface area contributed by atoms with Crippen LogP contribution in [0.15, 0.2) is 71.8 Å². The Morgan fingerprint density at radius 3 is 2.46 bits per heavy atom. The minimum absolute atomic E-state index is 0.0475. The number of ether oxygens (including phenoxy) is 3. The van der Waals surface area contributed by atoms with Crippen LogP contribution in [0.1, 0.15) is 40.4 Å². The monoisotopic (exact) mass is 555 g/mol.